The van der Waals surface area contributed by atoms with Gasteiger partial charge in [-0.05, 0) is 13.0 Å². The van der Waals surface area contributed by atoms with Crippen LogP contribution in [0.2, 0.25) is 0 Å². The Morgan fingerprint density at radius 2 is 2.33 bits per heavy atom. The third-order valence-corrected chi connectivity index (χ3v) is 1.72. The summed E-state index contributed by atoms with van der Waals surface area (Å²) in [4.78, 5) is 11.5. The monoisotopic (exact) mass is 207 g/mol. The molecule has 6 nitrogen and oxygen atoms in total. The first-order valence-electron chi connectivity index (χ1n) is 4.25. The zero-order valence-electron chi connectivity index (χ0n) is 7.98. The second kappa shape index (κ2) is 3.49. The summed E-state index contributed by atoms with van der Waals surface area (Å²) in [6.07, 6.45) is 0. The van der Waals surface area contributed by atoms with Gasteiger partial charge in [-0.1, -0.05) is 5.16 Å². The van der Waals surface area contributed by atoms with E-state index in [0.29, 0.717) is 11.6 Å². The van der Waals surface area contributed by atoms with E-state index in [1.807, 2.05) is 0 Å². The number of nitrogens with one attached hydrogen (secondary N) is 1. The Bertz CT molecular complexity index is 486. The second-order valence-corrected chi connectivity index (χ2v) is 2.98. The summed E-state index contributed by atoms with van der Waals surface area (Å²) in [5, 5.41) is 6.11. The van der Waals surface area contributed by atoms with Gasteiger partial charge >= 0.3 is 0 Å². The molecule has 0 bridgehead atoms. The van der Waals surface area contributed by atoms with E-state index in [1.54, 1.807) is 13.0 Å². The molecule has 2 aromatic heterocycles. The first kappa shape index (κ1) is 9.32. The molecule has 1 amide bonds. The van der Waals surface area contributed by atoms with Gasteiger partial charge in [0.1, 0.15) is 5.76 Å². The molecule has 0 radical (unpaired) electrons. The zero-order chi connectivity index (χ0) is 10.8. The highest BCUT2D eigenvalue weighted by molar-refractivity contribution is 6.01. The van der Waals surface area contributed by atoms with E-state index < -0.39 is 5.91 Å². The van der Waals surface area contributed by atoms with Gasteiger partial charge in [0.2, 0.25) is 0 Å². The van der Waals surface area contributed by atoms with Gasteiger partial charge in [-0.3, -0.25) is 4.79 Å². The number of nitrogens with two attached hydrogens (primary N) is 1. The number of nitrogen functional groups attached to an aromatic ring is 1. The van der Waals surface area contributed by atoms with E-state index in [9.17, 15) is 4.79 Å². The lowest BCUT2D eigenvalue weighted by Crippen LogP contribution is -2.10. The quantitative estimate of drug-likeness (QED) is 0.776. The third-order valence-electron chi connectivity index (χ3n) is 1.72. The third kappa shape index (κ3) is 1.98. The summed E-state index contributed by atoms with van der Waals surface area (Å²) in [6, 6.07) is 4.59. The molecule has 2 aromatic rings. The van der Waals surface area contributed by atoms with Crippen LogP contribution in [0.5, 0.6) is 0 Å². The molecule has 78 valence electrons. The van der Waals surface area contributed by atoms with Crippen molar-refractivity contribution in [1.82, 2.24) is 5.16 Å². The number of nitrogens with zero attached hydrogens (tertiary/aromatic N) is 1. The lowest BCUT2D eigenvalue weighted by atomic mass is 10.4. The molecule has 0 saturated carbocycles. The summed E-state index contributed by atoms with van der Waals surface area (Å²) < 4.78 is 9.72. The predicted molar refractivity (Wildman–Crippen MR) is 52.3 cm³/mol. The van der Waals surface area contributed by atoms with E-state index in [1.165, 1.54) is 12.1 Å². The number of amides is 1. The summed E-state index contributed by atoms with van der Waals surface area (Å²) in [5.74, 6) is 0.862. The Kier molecular flexibility index (Phi) is 2.17. The average Bonchev–Trinajstić information content (AvgIpc) is 2.75. The molecule has 0 aliphatic rings. The van der Waals surface area contributed by atoms with Crippen molar-refractivity contribution >= 4 is 17.6 Å². The molecular formula is C9H9N3O3. The molecule has 0 atom stereocenters. The standard InChI is InChI=1S/C9H9N3O3/c1-5-4-8(12-15-5)11-9(13)6-2-3-7(10)14-6/h2-4H,10H2,1H3,(H,11,12,13). The van der Waals surface area contributed by atoms with Crippen LogP contribution in [0.4, 0.5) is 11.7 Å². The van der Waals surface area contributed by atoms with E-state index >= 15 is 0 Å². The van der Waals surface area contributed by atoms with Crippen molar-refractivity contribution in [3.8, 4) is 0 Å². The molecule has 6 heteroatoms. The fourth-order valence-electron chi connectivity index (χ4n) is 1.08. The number of aryl methyl sites for hydroxylation is 1. The summed E-state index contributed by atoms with van der Waals surface area (Å²) in [5.41, 5.74) is 5.33. The van der Waals surface area contributed by atoms with Crippen molar-refractivity contribution in [1.29, 1.82) is 0 Å². The Morgan fingerprint density at radius 1 is 1.53 bits per heavy atom. The van der Waals surface area contributed by atoms with Crippen molar-refractivity contribution in [2.75, 3.05) is 11.1 Å². The Morgan fingerprint density at radius 3 is 2.87 bits per heavy atom. The molecule has 2 heterocycles. The first-order valence-corrected chi connectivity index (χ1v) is 4.25. The predicted octanol–water partition coefficient (Wildman–Crippen LogP) is 1.41. The van der Waals surface area contributed by atoms with Gasteiger partial charge in [0.15, 0.2) is 17.5 Å². The van der Waals surface area contributed by atoms with Crippen LogP contribution in [-0.2, 0) is 0 Å². The van der Waals surface area contributed by atoms with E-state index in [-0.39, 0.29) is 11.6 Å². The lowest BCUT2D eigenvalue weighted by molar-refractivity contribution is 0.0996. The molecule has 0 aromatic carbocycles. The maximum Gasteiger partial charge on any atom is 0.292 e. The number of hydrogen-bond donors (Lipinski definition) is 2. The molecule has 3 N–H and O–H groups in total. The Hall–Kier alpha value is -2.24. The van der Waals surface area contributed by atoms with Crippen molar-refractivity contribution < 1.29 is 13.7 Å². The van der Waals surface area contributed by atoms with Crippen LogP contribution in [-0.4, -0.2) is 11.1 Å². The summed E-state index contributed by atoms with van der Waals surface area (Å²) in [7, 11) is 0. The molecule has 2 rings (SSSR count). The minimum atomic E-state index is -0.417. The van der Waals surface area contributed by atoms with Gasteiger partial charge in [-0.25, -0.2) is 0 Å². The Labute approximate surface area is 85.0 Å². The highest BCUT2D eigenvalue weighted by Crippen LogP contribution is 2.12. The van der Waals surface area contributed by atoms with Crippen LogP contribution in [0.25, 0.3) is 0 Å². The molecule has 0 unspecified atom stereocenters. The topological polar surface area (TPSA) is 94.3 Å². The van der Waals surface area contributed by atoms with E-state index in [4.69, 9.17) is 14.7 Å². The molecule has 0 saturated heterocycles. The second-order valence-electron chi connectivity index (χ2n) is 2.98. The van der Waals surface area contributed by atoms with Crippen LogP contribution < -0.4 is 11.1 Å². The molecule has 0 fully saturated rings. The number of furan rings is 1. The van der Waals surface area contributed by atoms with Gasteiger partial charge in [-0.2, -0.15) is 0 Å². The lowest BCUT2D eigenvalue weighted by Gasteiger charge is -1.95. The number of carbonyl (C=O) groups is 1. The van der Waals surface area contributed by atoms with Crippen LogP contribution in [0.1, 0.15) is 16.3 Å². The van der Waals surface area contributed by atoms with E-state index in [2.05, 4.69) is 10.5 Å². The SMILES string of the molecule is Cc1cc(NC(=O)c2ccc(N)o2)no1. The van der Waals surface area contributed by atoms with Crippen LogP contribution in [0.3, 0.4) is 0 Å². The molecule has 0 aliphatic heterocycles. The van der Waals surface area contributed by atoms with Crippen LogP contribution in [0, 0.1) is 6.92 Å². The summed E-state index contributed by atoms with van der Waals surface area (Å²) >= 11 is 0. The van der Waals surface area contributed by atoms with E-state index in [0.717, 1.165) is 0 Å². The number of hydrogen-bond acceptors (Lipinski definition) is 5. The summed E-state index contributed by atoms with van der Waals surface area (Å²) in [6.45, 7) is 1.73. The highest BCUT2D eigenvalue weighted by Gasteiger charge is 2.12. The van der Waals surface area contributed by atoms with Crippen molar-refractivity contribution in [3.63, 3.8) is 0 Å². The minimum Gasteiger partial charge on any atom is -0.436 e. The molecular weight excluding hydrogens is 198 g/mol. The normalized spacial score (nSPS) is 10.2. The number of aromatic nitrogens is 1. The number of anilines is 2. The minimum absolute atomic E-state index is 0.133. The smallest absolute Gasteiger partial charge is 0.292 e. The highest BCUT2D eigenvalue weighted by atomic mass is 16.5. The first-order chi connectivity index (χ1) is 7.15. The van der Waals surface area contributed by atoms with Crippen LogP contribution in [0.15, 0.2) is 27.1 Å². The molecule has 0 spiro atoms. The molecule has 0 aliphatic carbocycles. The van der Waals surface area contributed by atoms with Gasteiger partial charge in [0.25, 0.3) is 5.91 Å². The van der Waals surface area contributed by atoms with Gasteiger partial charge in [0.05, 0.1) is 0 Å². The van der Waals surface area contributed by atoms with Crippen molar-refractivity contribution in [2.24, 2.45) is 0 Å². The van der Waals surface area contributed by atoms with Crippen LogP contribution >= 0.6 is 0 Å². The average molecular weight is 207 g/mol. The zero-order valence-corrected chi connectivity index (χ0v) is 7.98. The van der Waals surface area contributed by atoms with Gasteiger partial charge in [0, 0.05) is 12.1 Å². The fraction of sp³-hybridized carbons (Fsp3) is 0.111. The maximum atomic E-state index is 11.5. The number of carbonyl (C=O) groups excluding carboxylic acids is 1. The van der Waals surface area contributed by atoms with Crippen molar-refractivity contribution in [3.05, 3.63) is 29.7 Å². The van der Waals surface area contributed by atoms with Gasteiger partial charge < -0.3 is 20.0 Å². The Balaban J connectivity index is 2.10. The fourth-order valence-corrected chi connectivity index (χ4v) is 1.08. The van der Waals surface area contributed by atoms with Crippen molar-refractivity contribution in [2.45, 2.75) is 6.92 Å². The van der Waals surface area contributed by atoms with Gasteiger partial charge in [-0.15, -0.1) is 0 Å². The number of rotatable bonds is 2. The maximum absolute atomic E-state index is 11.5. The largest absolute Gasteiger partial charge is 0.436 e. The molecule has 15 heavy (non-hydrogen) atoms.